The molecule has 1 aromatic heterocycles. The predicted molar refractivity (Wildman–Crippen MR) is 72.9 cm³/mol. The van der Waals surface area contributed by atoms with Gasteiger partial charge in [0.25, 0.3) is 0 Å². The topological polar surface area (TPSA) is 38.3 Å². The van der Waals surface area contributed by atoms with Gasteiger partial charge in [0.2, 0.25) is 0 Å². The smallest absolute Gasteiger partial charge is 0.120 e. The number of rotatable bonds is 5. The van der Waals surface area contributed by atoms with Crippen LogP contribution in [-0.2, 0) is 0 Å². The van der Waals surface area contributed by atoms with Crippen LogP contribution in [0.4, 0.5) is 0 Å². The van der Waals surface area contributed by atoms with Gasteiger partial charge in [-0.05, 0) is 45.6 Å². The molecule has 4 nitrogen and oxygen atoms in total. The van der Waals surface area contributed by atoms with Crippen LogP contribution in [-0.4, -0.2) is 42.1 Å². The standard InChI is InChI=1S/C14H19N3O/c1-11-13-9-12(18-8-4-7-17(2)3)5-6-14(13)16-10-15-11/h5-6,9-10H,4,7-8H2,1-3H3. The molecular weight excluding hydrogens is 226 g/mol. The Kier molecular flexibility index (Phi) is 4.10. The van der Waals surface area contributed by atoms with Gasteiger partial charge in [0.1, 0.15) is 12.1 Å². The number of ether oxygens (including phenoxy) is 1. The molecule has 0 radical (unpaired) electrons. The number of nitrogens with zero attached hydrogens (tertiary/aromatic N) is 3. The van der Waals surface area contributed by atoms with Gasteiger partial charge in [-0.3, -0.25) is 0 Å². The molecule has 0 saturated heterocycles. The highest BCUT2D eigenvalue weighted by Crippen LogP contribution is 2.20. The number of benzene rings is 1. The van der Waals surface area contributed by atoms with Crippen molar-refractivity contribution in [1.29, 1.82) is 0 Å². The van der Waals surface area contributed by atoms with Gasteiger partial charge in [0.05, 0.1) is 12.1 Å². The van der Waals surface area contributed by atoms with Gasteiger partial charge < -0.3 is 9.64 Å². The van der Waals surface area contributed by atoms with E-state index in [0.717, 1.165) is 41.9 Å². The predicted octanol–water partition coefficient (Wildman–Crippen LogP) is 2.27. The molecule has 0 fully saturated rings. The third-order valence-corrected chi connectivity index (χ3v) is 2.82. The van der Waals surface area contributed by atoms with E-state index in [9.17, 15) is 0 Å². The third-order valence-electron chi connectivity index (χ3n) is 2.82. The van der Waals surface area contributed by atoms with Gasteiger partial charge in [-0.2, -0.15) is 0 Å². The Bertz CT molecular complexity index is 525. The first-order valence-corrected chi connectivity index (χ1v) is 6.16. The summed E-state index contributed by atoms with van der Waals surface area (Å²) in [6.45, 7) is 3.76. The molecule has 0 saturated carbocycles. The zero-order valence-electron chi connectivity index (χ0n) is 11.2. The van der Waals surface area contributed by atoms with Crippen molar-refractivity contribution in [3.05, 3.63) is 30.2 Å². The molecule has 0 bridgehead atoms. The maximum absolute atomic E-state index is 5.74. The van der Waals surface area contributed by atoms with E-state index in [0.29, 0.717) is 0 Å². The van der Waals surface area contributed by atoms with Crippen molar-refractivity contribution in [2.24, 2.45) is 0 Å². The molecule has 0 aliphatic heterocycles. The average molecular weight is 245 g/mol. The molecule has 0 atom stereocenters. The molecular formula is C14H19N3O. The van der Waals surface area contributed by atoms with Crippen molar-refractivity contribution < 1.29 is 4.74 Å². The quantitative estimate of drug-likeness (QED) is 0.757. The third kappa shape index (κ3) is 3.17. The van der Waals surface area contributed by atoms with E-state index >= 15 is 0 Å². The maximum atomic E-state index is 5.74. The van der Waals surface area contributed by atoms with Gasteiger partial charge in [-0.25, -0.2) is 9.97 Å². The van der Waals surface area contributed by atoms with E-state index in [1.54, 1.807) is 6.33 Å². The van der Waals surface area contributed by atoms with E-state index < -0.39 is 0 Å². The van der Waals surface area contributed by atoms with Crippen molar-refractivity contribution in [1.82, 2.24) is 14.9 Å². The van der Waals surface area contributed by atoms with Gasteiger partial charge in [-0.15, -0.1) is 0 Å². The van der Waals surface area contributed by atoms with Crippen LogP contribution in [0, 0.1) is 6.92 Å². The Hall–Kier alpha value is -1.68. The van der Waals surface area contributed by atoms with Crippen LogP contribution in [0.5, 0.6) is 5.75 Å². The molecule has 0 N–H and O–H groups in total. The SMILES string of the molecule is Cc1ncnc2ccc(OCCCN(C)C)cc12. The van der Waals surface area contributed by atoms with Crippen LogP contribution in [0.2, 0.25) is 0 Å². The fraction of sp³-hybridized carbons (Fsp3) is 0.429. The summed E-state index contributed by atoms with van der Waals surface area (Å²) in [7, 11) is 4.13. The number of aromatic nitrogens is 2. The van der Waals surface area contributed by atoms with E-state index in [4.69, 9.17) is 4.74 Å². The van der Waals surface area contributed by atoms with Crippen molar-refractivity contribution in [2.45, 2.75) is 13.3 Å². The summed E-state index contributed by atoms with van der Waals surface area (Å²) in [6, 6.07) is 5.95. The highest BCUT2D eigenvalue weighted by molar-refractivity contribution is 5.81. The molecule has 0 amide bonds. The van der Waals surface area contributed by atoms with Gasteiger partial charge in [-0.1, -0.05) is 0 Å². The Balaban J connectivity index is 2.03. The van der Waals surface area contributed by atoms with Crippen LogP contribution >= 0.6 is 0 Å². The Morgan fingerprint density at radius 3 is 2.83 bits per heavy atom. The summed E-state index contributed by atoms with van der Waals surface area (Å²) >= 11 is 0. The second-order valence-electron chi connectivity index (χ2n) is 4.64. The minimum Gasteiger partial charge on any atom is -0.494 e. The molecule has 0 aliphatic rings. The molecule has 1 heterocycles. The van der Waals surface area contributed by atoms with Gasteiger partial charge in [0, 0.05) is 17.6 Å². The van der Waals surface area contributed by atoms with E-state index in [-0.39, 0.29) is 0 Å². The molecule has 0 spiro atoms. The lowest BCUT2D eigenvalue weighted by atomic mass is 10.2. The van der Waals surface area contributed by atoms with Crippen LogP contribution in [0.25, 0.3) is 10.9 Å². The number of hydrogen-bond donors (Lipinski definition) is 0. The molecule has 4 heteroatoms. The number of hydrogen-bond acceptors (Lipinski definition) is 4. The zero-order chi connectivity index (χ0) is 13.0. The van der Waals surface area contributed by atoms with Crippen LogP contribution in [0.1, 0.15) is 12.1 Å². The molecule has 1 aromatic carbocycles. The highest BCUT2D eigenvalue weighted by atomic mass is 16.5. The number of aryl methyl sites for hydroxylation is 1. The molecule has 0 unspecified atom stereocenters. The largest absolute Gasteiger partial charge is 0.494 e. The maximum Gasteiger partial charge on any atom is 0.120 e. The molecule has 2 aromatic rings. The summed E-state index contributed by atoms with van der Waals surface area (Å²) in [5.41, 5.74) is 1.95. The Labute approximate surface area is 108 Å². The summed E-state index contributed by atoms with van der Waals surface area (Å²) < 4.78 is 5.74. The first kappa shape index (κ1) is 12.8. The number of fused-ring (bicyclic) bond motifs is 1. The average Bonchev–Trinajstić information content (AvgIpc) is 2.35. The summed E-state index contributed by atoms with van der Waals surface area (Å²) in [5, 5.41) is 1.06. The lowest BCUT2D eigenvalue weighted by Gasteiger charge is -2.11. The molecule has 0 aliphatic carbocycles. The zero-order valence-corrected chi connectivity index (χ0v) is 11.2. The van der Waals surface area contributed by atoms with E-state index in [2.05, 4.69) is 29.0 Å². The summed E-state index contributed by atoms with van der Waals surface area (Å²) in [6.07, 6.45) is 2.62. The molecule has 96 valence electrons. The second-order valence-corrected chi connectivity index (χ2v) is 4.64. The van der Waals surface area contributed by atoms with Crippen molar-refractivity contribution in [3.8, 4) is 5.75 Å². The Morgan fingerprint density at radius 1 is 1.22 bits per heavy atom. The van der Waals surface area contributed by atoms with E-state index in [1.807, 2.05) is 25.1 Å². The van der Waals surface area contributed by atoms with Crippen molar-refractivity contribution in [2.75, 3.05) is 27.2 Å². The van der Waals surface area contributed by atoms with Crippen LogP contribution in [0.15, 0.2) is 24.5 Å². The summed E-state index contributed by atoms with van der Waals surface area (Å²) in [5.74, 6) is 0.888. The van der Waals surface area contributed by atoms with Crippen molar-refractivity contribution >= 4 is 10.9 Å². The van der Waals surface area contributed by atoms with Gasteiger partial charge >= 0.3 is 0 Å². The van der Waals surface area contributed by atoms with E-state index in [1.165, 1.54) is 0 Å². The van der Waals surface area contributed by atoms with Crippen LogP contribution < -0.4 is 4.74 Å². The molecule has 2 rings (SSSR count). The normalized spacial score (nSPS) is 11.1. The monoisotopic (exact) mass is 245 g/mol. The minimum atomic E-state index is 0.733. The first-order valence-electron chi connectivity index (χ1n) is 6.16. The highest BCUT2D eigenvalue weighted by Gasteiger charge is 2.02. The van der Waals surface area contributed by atoms with Crippen LogP contribution in [0.3, 0.4) is 0 Å². The lowest BCUT2D eigenvalue weighted by molar-refractivity contribution is 0.282. The second kappa shape index (κ2) is 5.78. The lowest BCUT2D eigenvalue weighted by Crippen LogP contribution is -2.15. The first-order chi connectivity index (χ1) is 8.66. The Morgan fingerprint density at radius 2 is 2.06 bits per heavy atom. The fourth-order valence-electron chi connectivity index (χ4n) is 1.83. The van der Waals surface area contributed by atoms with Crippen molar-refractivity contribution in [3.63, 3.8) is 0 Å². The fourth-order valence-corrected chi connectivity index (χ4v) is 1.83. The van der Waals surface area contributed by atoms with Gasteiger partial charge in [0.15, 0.2) is 0 Å². The minimum absolute atomic E-state index is 0.733. The summed E-state index contributed by atoms with van der Waals surface area (Å²) in [4.78, 5) is 10.6. The molecule has 18 heavy (non-hydrogen) atoms.